The first-order chi connectivity index (χ1) is 12.0. The molecule has 1 fully saturated rings. The summed E-state index contributed by atoms with van der Waals surface area (Å²) in [5, 5.41) is 19.6. The molecule has 0 bridgehead atoms. The number of hydrogen-bond donors (Lipinski definition) is 1. The van der Waals surface area contributed by atoms with E-state index >= 15 is 0 Å². The monoisotopic (exact) mass is 347 g/mol. The van der Waals surface area contributed by atoms with Crippen molar-refractivity contribution < 1.29 is 9.21 Å². The summed E-state index contributed by atoms with van der Waals surface area (Å²) in [6, 6.07) is 0.260. The number of nitrogens with zero attached hydrogens (tertiary/aromatic N) is 6. The van der Waals surface area contributed by atoms with Crippen molar-refractivity contribution in [3.8, 4) is 0 Å². The van der Waals surface area contributed by atoms with Crippen molar-refractivity contribution in [3.05, 3.63) is 23.4 Å². The van der Waals surface area contributed by atoms with Crippen LogP contribution in [0.4, 0.5) is 0 Å². The Labute approximate surface area is 146 Å². The summed E-state index contributed by atoms with van der Waals surface area (Å²) >= 11 is 0. The standard InChI is InChI=1S/C16H25N7O2/c1-5-14-19-20-15(25-14)9-22(3)8-13-18-21-16(23(13)4)11-6-12(7-11)17-10(2)24/h11-12H,5-9H2,1-4H3,(H,17,24). The Morgan fingerprint density at radius 1 is 1.24 bits per heavy atom. The second-order valence-corrected chi connectivity index (χ2v) is 6.71. The molecule has 136 valence electrons. The maximum Gasteiger partial charge on any atom is 0.230 e. The van der Waals surface area contributed by atoms with E-state index in [9.17, 15) is 4.79 Å². The molecule has 0 radical (unpaired) electrons. The second kappa shape index (κ2) is 7.30. The van der Waals surface area contributed by atoms with Crippen LogP contribution in [0.3, 0.4) is 0 Å². The smallest absolute Gasteiger partial charge is 0.230 e. The fourth-order valence-electron chi connectivity index (χ4n) is 3.13. The molecule has 1 aliphatic rings. The molecule has 1 aliphatic carbocycles. The maximum atomic E-state index is 11.1. The largest absolute Gasteiger partial charge is 0.424 e. The summed E-state index contributed by atoms with van der Waals surface area (Å²) in [6.07, 6.45) is 2.58. The Kier molecular flexibility index (Phi) is 5.12. The molecule has 2 aromatic heterocycles. The van der Waals surface area contributed by atoms with Crippen molar-refractivity contribution in [2.45, 2.75) is 58.2 Å². The molecule has 3 rings (SSSR count). The molecule has 2 aromatic rings. The van der Waals surface area contributed by atoms with Gasteiger partial charge in [0, 0.05) is 32.4 Å². The summed E-state index contributed by atoms with van der Waals surface area (Å²) in [5.41, 5.74) is 0. The predicted octanol–water partition coefficient (Wildman–Crippen LogP) is 0.775. The van der Waals surface area contributed by atoms with Crippen LogP contribution >= 0.6 is 0 Å². The molecule has 0 unspecified atom stereocenters. The Balaban J connectivity index is 1.55. The van der Waals surface area contributed by atoms with E-state index in [1.165, 1.54) is 0 Å². The van der Waals surface area contributed by atoms with Crippen LogP contribution in [-0.4, -0.2) is 48.9 Å². The van der Waals surface area contributed by atoms with Crippen molar-refractivity contribution in [3.63, 3.8) is 0 Å². The number of rotatable bonds is 7. The van der Waals surface area contributed by atoms with E-state index in [1.54, 1.807) is 6.92 Å². The minimum Gasteiger partial charge on any atom is -0.424 e. The molecule has 9 nitrogen and oxygen atoms in total. The zero-order valence-corrected chi connectivity index (χ0v) is 15.2. The molecule has 0 aromatic carbocycles. The summed E-state index contributed by atoms with van der Waals surface area (Å²) < 4.78 is 7.60. The number of aryl methyl sites for hydroxylation is 1. The first-order valence-electron chi connectivity index (χ1n) is 8.61. The van der Waals surface area contributed by atoms with Gasteiger partial charge in [0.15, 0.2) is 0 Å². The first-order valence-corrected chi connectivity index (χ1v) is 8.61. The highest BCUT2D eigenvalue weighted by Gasteiger charge is 2.34. The number of aromatic nitrogens is 5. The molecular formula is C16H25N7O2. The van der Waals surface area contributed by atoms with Crippen LogP contribution < -0.4 is 5.32 Å². The van der Waals surface area contributed by atoms with Crippen molar-refractivity contribution in [2.75, 3.05) is 7.05 Å². The number of carbonyl (C=O) groups excluding carboxylic acids is 1. The van der Waals surface area contributed by atoms with Gasteiger partial charge >= 0.3 is 0 Å². The molecule has 0 spiro atoms. The summed E-state index contributed by atoms with van der Waals surface area (Å²) in [4.78, 5) is 13.2. The van der Waals surface area contributed by atoms with Crippen molar-refractivity contribution in [2.24, 2.45) is 7.05 Å². The van der Waals surface area contributed by atoms with E-state index in [0.717, 1.165) is 30.9 Å². The van der Waals surface area contributed by atoms with Gasteiger partial charge in [-0.1, -0.05) is 6.92 Å². The van der Waals surface area contributed by atoms with Crippen LogP contribution in [0.5, 0.6) is 0 Å². The number of nitrogens with one attached hydrogen (secondary N) is 1. The van der Waals surface area contributed by atoms with Crippen molar-refractivity contribution in [1.82, 2.24) is 35.2 Å². The normalized spacial score (nSPS) is 19.9. The lowest BCUT2D eigenvalue weighted by molar-refractivity contribution is -0.120. The highest BCUT2D eigenvalue weighted by Crippen LogP contribution is 2.35. The third-order valence-corrected chi connectivity index (χ3v) is 4.54. The number of carbonyl (C=O) groups is 1. The molecule has 0 aliphatic heterocycles. The number of amides is 1. The van der Waals surface area contributed by atoms with Crippen LogP contribution in [-0.2, 0) is 31.4 Å². The van der Waals surface area contributed by atoms with Gasteiger partial charge in [0.25, 0.3) is 0 Å². The Hall–Kier alpha value is -2.29. The van der Waals surface area contributed by atoms with Gasteiger partial charge < -0.3 is 14.3 Å². The van der Waals surface area contributed by atoms with Crippen LogP contribution in [0.2, 0.25) is 0 Å². The average Bonchev–Trinajstić information content (AvgIpc) is 3.10. The molecule has 9 heteroatoms. The molecule has 1 N–H and O–H groups in total. The van der Waals surface area contributed by atoms with Gasteiger partial charge in [0.1, 0.15) is 11.6 Å². The Bertz CT molecular complexity index is 733. The van der Waals surface area contributed by atoms with Gasteiger partial charge in [-0.25, -0.2) is 0 Å². The van der Waals surface area contributed by atoms with Crippen LogP contribution in [0, 0.1) is 0 Å². The van der Waals surface area contributed by atoms with Gasteiger partial charge in [0.2, 0.25) is 17.7 Å². The van der Waals surface area contributed by atoms with Gasteiger partial charge in [-0.15, -0.1) is 20.4 Å². The van der Waals surface area contributed by atoms with Gasteiger partial charge in [-0.2, -0.15) is 0 Å². The van der Waals surface area contributed by atoms with E-state index in [0.29, 0.717) is 30.8 Å². The van der Waals surface area contributed by atoms with Gasteiger partial charge in [-0.3, -0.25) is 9.69 Å². The highest BCUT2D eigenvalue weighted by atomic mass is 16.4. The lowest BCUT2D eigenvalue weighted by Crippen LogP contribution is -2.43. The third-order valence-electron chi connectivity index (χ3n) is 4.54. The second-order valence-electron chi connectivity index (χ2n) is 6.71. The topological polar surface area (TPSA) is 102 Å². The van der Waals surface area contributed by atoms with Crippen molar-refractivity contribution >= 4 is 5.91 Å². The summed E-state index contributed by atoms with van der Waals surface area (Å²) in [6.45, 7) is 4.76. The third kappa shape index (κ3) is 4.04. The first kappa shape index (κ1) is 17.5. The lowest BCUT2D eigenvalue weighted by atomic mass is 9.79. The molecule has 1 amide bonds. The van der Waals surface area contributed by atoms with E-state index < -0.39 is 0 Å². The average molecular weight is 347 g/mol. The minimum absolute atomic E-state index is 0.0241. The summed E-state index contributed by atoms with van der Waals surface area (Å²) in [7, 11) is 3.98. The molecule has 2 heterocycles. The Morgan fingerprint density at radius 2 is 1.96 bits per heavy atom. The highest BCUT2D eigenvalue weighted by molar-refractivity contribution is 5.73. The van der Waals surface area contributed by atoms with Gasteiger partial charge in [-0.05, 0) is 19.9 Å². The molecule has 0 atom stereocenters. The molecular weight excluding hydrogens is 322 g/mol. The van der Waals surface area contributed by atoms with Gasteiger partial charge in [0.05, 0.1) is 13.1 Å². The minimum atomic E-state index is 0.0241. The SMILES string of the molecule is CCc1nnc(CN(C)Cc2nnc(C3CC(NC(C)=O)C3)n2C)o1. The van der Waals surface area contributed by atoms with Crippen LogP contribution in [0.15, 0.2) is 4.42 Å². The van der Waals surface area contributed by atoms with E-state index in [4.69, 9.17) is 4.42 Å². The quantitative estimate of drug-likeness (QED) is 0.789. The zero-order valence-electron chi connectivity index (χ0n) is 15.2. The van der Waals surface area contributed by atoms with Crippen LogP contribution in [0.1, 0.15) is 56.0 Å². The molecule has 1 saturated carbocycles. The molecule has 25 heavy (non-hydrogen) atoms. The number of hydrogen-bond acceptors (Lipinski definition) is 7. The predicted molar refractivity (Wildman–Crippen MR) is 89.4 cm³/mol. The zero-order chi connectivity index (χ0) is 18.0. The van der Waals surface area contributed by atoms with E-state index in [-0.39, 0.29) is 11.9 Å². The molecule has 0 saturated heterocycles. The van der Waals surface area contributed by atoms with Crippen molar-refractivity contribution in [1.29, 1.82) is 0 Å². The maximum absolute atomic E-state index is 11.1. The lowest BCUT2D eigenvalue weighted by Gasteiger charge is -2.34. The summed E-state index contributed by atoms with van der Waals surface area (Å²) in [5.74, 6) is 3.53. The Morgan fingerprint density at radius 3 is 2.60 bits per heavy atom. The fourth-order valence-corrected chi connectivity index (χ4v) is 3.13. The fraction of sp³-hybridized carbons (Fsp3) is 0.688. The van der Waals surface area contributed by atoms with E-state index in [1.807, 2.05) is 21.0 Å². The van der Waals surface area contributed by atoms with Crippen LogP contribution in [0.25, 0.3) is 0 Å². The van der Waals surface area contributed by atoms with E-state index in [2.05, 4.69) is 35.2 Å².